The van der Waals surface area contributed by atoms with Crippen molar-refractivity contribution in [1.29, 1.82) is 0 Å². The Bertz CT molecular complexity index is 2740. The van der Waals surface area contributed by atoms with E-state index in [-0.39, 0.29) is 0 Å². The summed E-state index contributed by atoms with van der Waals surface area (Å²) in [4.78, 5) is 2.26. The first kappa shape index (κ1) is 23.6. The van der Waals surface area contributed by atoms with Crippen molar-refractivity contribution in [3.8, 4) is 0 Å². The van der Waals surface area contributed by atoms with E-state index in [9.17, 15) is 0 Å². The highest BCUT2D eigenvalue weighted by Gasteiger charge is 2.22. The average Bonchev–Trinajstić information content (AvgIpc) is 3.74. The molecule has 4 heteroatoms. The molecule has 44 heavy (non-hydrogen) atoms. The second-order valence-electron chi connectivity index (χ2n) is 11.3. The SMILES string of the molecule is c1ccc2cc3c(cc2c1)oc1c(N(c2ccc4c(c2)oc2ccccc24)c2ccc4oc5ccccc5c4c2)cccc13. The van der Waals surface area contributed by atoms with Crippen LogP contribution in [0, 0.1) is 0 Å². The van der Waals surface area contributed by atoms with E-state index in [0.29, 0.717) is 0 Å². The molecule has 0 radical (unpaired) electrons. The van der Waals surface area contributed by atoms with E-state index < -0.39 is 0 Å². The lowest BCUT2D eigenvalue weighted by Gasteiger charge is -2.25. The van der Waals surface area contributed by atoms with Gasteiger partial charge in [-0.1, -0.05) is 72.8 Å². The molecule has 206 valence electrons. The number of hydrogen-bond donors (Lipinski definition) is 0. The molecule has 4 nitrogen and oxygen atoms in total. The zero-order valence-electron chi connectivity index (χ0n) is 23.5. The number of para-hydroxylation sites is 3. The Kier molecular flexibility index (Phi) is 4.69. The summed E-state index contributed by atoms with van der Waals surface area (Å²) in [6.45, 7) is 0. The topological polar surface area (TPSA) is 42.7 Å². The molecule has 0 aliphatic carbocycles. The predicted octanol–water partition coefficient (Wildman–Crippen LogP) is 12.0. The maximum Gasteiger partial charge on any atom is 0.159 e. The van der Waals surface area contributed by atoms with Crippen LogP contribution in [-0.4, -0.2) is 0 Å². The molecule has 0 aliphatic heterocycles. The molecule has 3 aromatic heterocycles. The van der Waals surface area contributed by atoms with Crippen LogP contribution in [0.4, 0.5) is 17.1 Å². The van der Waals surface area contributed by atoms with Crippen LogP contribution in [-0.2, 0) is 0 Å². The van der Waals surface area contributed by atoms with Gasteiger partial charge in [-0.15, -0.1) is 0 Å². The first-order chi connectivity index (χ1) is 21.8. The molecule has 0 saturated carbocycles. The van der Waals surface area contributed by atoms with Gasteiger partial charge < -0.3 is 18.2 Å². The van der Waals surface area contributed by atoms with E-state index in [1.165, 1.54) is 5.39 Å². The van der Waals surface area contributed by atoms with Crippen molar-refractivity contribution >= 4 is 93.7 Å². The third-order valence-corrected chi connectivity index (χ3v) is 8.82. The van der Waals surface area contributed by atoms with Crippen molar-refractivity contribution in [3.63, 3.8) is 0 Å². The van der Waals surface area contributed by atoms with E-state index in [1.54, 1.807) is 0 Å². The minimum Gasteiger partial charge on any atom is -0.456 e. The van der Waals surface area contributed by atoms with Crippen LogP contribution in [0.5, 0.6) is 0 Å². The van der Waals surface area contributed by atoms with E-state index in [0.717, 1.165) is 88.3 Å². The van der Waals surface area contributed by atoms with Crippen molar-refractivity contribution < 1.29 is 13.3 Å². The molecule has 0 unspecified atom stereocenters. The smallest absolute Gasteiger partial charge is 0.159 e. The molecule has 0 amide bonds. The molecule has 0 bridgehead atoms. The average molecular weight is 566 g/mol. The zero-order chi connectivity index (χ0) is 28.8. The Labute approximate surface area is 250 Å². The highest BCUT2D eigenvalue weighted by molar-refractivity contribution is 6.15. The Hall–Kier alpha value is -6.00. The summed E-state index contributed by atoms with van der Waals surface area (Å²) in [6.07, 6.45) is 0. The minimum absolute atomic E-state index is 0.833. The fraction of sp³-hybridized carbons (Fsp3) is 0. The van der Waals surface area contributed by atoms with Crippen LogP contribution < -0.4 is 4.90 Å². The molecule has 3 heterocycles. The molecule has 7 aromatic carbocycles. The normalized spacial score (nSPS) is 12.1. The van der Waals surface area contributed by atoms with Crippen LogP contribution in [0.2, 0.25) is 0 Å². The van der Waals surface area contributed by atoms with Crippen LogP contribution in [0.3, 0.4) is 0 Å². The van der Waals surface area contributed by atoms with Gasteiger partial charge in [0.25, 0.3) is 0 Å². The molecule has 0 N–H and O–H groups in total. The van der Waals surface area contributed by atoms with Crippen molar-refractivity contribution in [2.24, 2.45) is 0 Å². The quantitative estimate of drug-likeness (QED) is 0.214. The zero-order valence-corrected chi connectivity index (χ0v) is 23.5. The van der Waals surface area contributed by atoms with Crippen molar-refractivity contribution in [2.75, 3.05) is 4.90 Å². The largest absolute Gasteiger partial charge is 0.456 e. The van der Waals surface area contributed by atoms with Gasteiger partial charge in [0.1, 0.15) is 27.9 Å². The standard InChI is InChI=1S/C40H23NO3/c1-2-9-25-21-38-32(20-24(25)8-1)31-12-7-13-34(40(31)44-38)41(26-17-19-37-33(22-26)29-11-4-6-15-36(29)42-37)27-16-18-30-28-10-3-5-14-35(28)43-39(30)23-27/h1-23H. The van der Waals surface area contributed by atoms with Crippen LogP contribution >= 0.6 is 0 Å². The summed E-state index contributed by atoms with van der Waals surface area (Å²) in [5.41, 5.74) is 8.08. The van der Waals surface area contributed by atoms with Crippen LogP contribution in [0.25, 0.3) is 76.6 Å². The van der Waals surface area contributed by atoms with Crippen LogP contribution in [0.15, 0.2) is 153 Å². The first-order valence-electron chi connectivity index (χ1n) is 14.8. The summed E-state index contributed by atoms with van der Waals surface area (Å²) in [7, 11) is 0. The van der Waals surface area contributed by atoms with E-state index in [2.05, 4.69) is 114 Å². The van der Waals surface area contributed by atoms with Gasteiger partial charge in [-0.05, 0) is 71.4 Å². The lowest BCUT2D eigenvalue weighted by molar-refractivity contribution is 0.667. The first-order valence-corrected chi connectivity index (χ1v) is 14.8. The van der Waals surface area contributed by atoms with Crippen molar-refractivity contribution in [3.05, 3.63) is 140 Å². The number of fused-ring (bicyclic) bond motifs is 10. The maximum atomic E-state index is 6.71. The number of anilines is 3. The summed E-state index contributed by atoms with van der Waals surface area (Å²) < 4.78 is 19.2. The van der Waals surface area contributed by atoms with Gasteiger partial charge in [0.2, 0.25) is 0 Å². The molecule has 10 aromatic rings. The minimum atomic E-state index is 0.833. The van der Waals surface area contributed by atoms with Gasteiger partial charge in [0.15, 0.2) is 5.58 Å². The molecule has 0 fully saturated rings. The number of benzene rings is 7. The molecule has 0 atom stereocenters. The second kappa shape index (κ2) is 8.76. The summed E-state index contributed by atoms with van der Waals surface area (Å²) in [5, 5.41) is 8.88. The van der Waals surface area contributed by atoms with E-state index >= 15 is 0 Å². The Morgan fingerprint density at radius 3 is 1.75 bits per heavy atom. The maximum absolute atomic E-state index is 6.71. The monoisotopic (exact) mass is 565 g/mol. The van der Waals surface area contributed by atoms with Gasteiger partial charge in [-0.25, -0.2) is 0 Å². The fourth-order valence-corrected chi connectivity index (χ4v) is 6.78. The molecule has 10 rings (SSSR count). The van der Waals surface area contributed by atoms with Gasteiger partial charge >= 0.3 is 0 Å². The van der Waals surface area contributed by atoms with Gasteiger partial charge in [0, 0.05) is 44.1 Å². The Morgan fingerprint density at radius 1 is 0.341 bits per heavy atom. The third-order valence-electron chi connectivity index (χ3n) is 8.82. The summed E-state index contributed by atoms with van der Waals surface area (Å²) >= 11 is 0. The Balaban J connectivity index is 1.27. The fourth-order valence-electron chi connectivity index (χ4n) is 6.78. The lowest BCUT2D eigenvalue weighted by atomic mass is 10.1. The predicted molar refractivity (Wildman–Crippen MR) is 180 cm³/mol. The Morgan fingerprint density at radius 2 is 0.909 bits per heavy atom. The number of nitrogens with zero attached hydrogens (tertiary/aromatic N) is 1. The van der Waals surface area contributed by atoms with Gasteiger partial charge in [-0.3, -0.25) is 0 Å². The van der Waals surface area contributed by atoms with E-state index in [4.69, 9.17) is 13.3 Å². The van der Waals surface area contributed by atoms with Gasteiger partial charge in [0.05, 0.1) is 11.4 Å². The molecule has 0 aliphatic rings. The molecule has 0 saturated heterocycles. The number of hydrogen-bond acceptors (Lipinski definition) is 4. The van der Waals surface area contributed by atoms with Crippen molar-refractivity contribution in [1.82, 2.24) is 0 Å². The van der Waals surface area contributed by atoms with Gasteiger partial charge in [-0.2, -0.15) is 0 Å². The highest BCUT2D eigenvalue weighted by atomic mass is 16.3. The van der Waals surface area contributed by atoms with E-state index in [1.807, 2.05) is 30.3 Å². The second-order valence-corrected chi connectivity index (χ2v) is 11.3. The summed E-state index contributed by atoms with van der Waals surface area (Å²) in [6, 6.07) is 48.4. The summed E-state index contributed by atoms with van der Waals surface area (Å²) in [5.74, 6) is 0. The van der Waals surface area contributed by atoms with Crippen LogP contribution in [0.1, 0.15) is 0 Å². The lowest BCUT2D eigenvalue weighted by Crippen LogP contribution is -2.10. The van der Waals surface area contributed by atoms with Crippen molar-refractivity contribution in [2.45, 2.75) is 0 Å². The number of furan rings is 3. The highest BCUT2D eigenvalue weighted by Crippen LogP contribution is 2.45. The molecule has 0 spiro atoms. The molecular weight excluding hydrogens is 542 g/mol. The number of rotatable bonds is 3. The molecular formula is C40H23NO3. The third kappa shape index (κ3) is 3.33.